The summed E-state index contributed by atoms with van der Waals surface area (Å²) < 4.78 is 0. The number of carbonyl (C=O) groups is 1. The van der Waals surface area contributed by atoms with Gasteiger partial charge in [-0.05, 0) is 29.8 Å². The van der Waals surface area contributed by atoms with E-state index in [1.165, 1.54) is 18.1 Å². The third-order valence-corrected chi connectivity index (χ3v) is 5.95. The van der Waals surface area contributed by atoms with Crippen LogP contribution in [0.15, 0.2) is 73.1 Å². The number of aliphatic hydroxyl groups is 5. The second-order valence-corrected chi connectivity index (χ2v) is 8.97. The van der Waals surface area contributed by atoms with E-state index < -0.39 is 36.9 Å². The van der Waals surface area contributed by atoms with Gasteiger partial charge in [0.2, 0.25) is 0 Å². The monoisotopic (exact) mass is 510 g/mol. The molecule has 0 saturated carbocycles. The number of hydrogen-bond donors (Lipinski definition) is 5. The molecule has 0 fully saturated rings. The van der Waals surface area contributed by atoms with Gasteiger partial charge < -0.3 is 30.4 Å². The summed E-state index contributed by atoms with van der Waals surface area (Å²) in [5.74, 6) is -0.433. The van der Waals surface area contributed by atoms with Crippen molar-refractivity contribution in [1.82, 2.24) is 19.8 Å². The lowest BCUT2D eigenvalue weighted by molar-refractivity contribution is -0.117. The predicted octanol–water partition coefficient (Wildman–Crippen LogP) is 0.187. The SMILES string of the molecule is CN(CC(O)C(O)C(O)C(O)CO)C(=O)c1ccc(CN(Cc2ccccc2)Cc2ccccn2)nc1. The quantitative estimate of drug-likeness (QED) is 0.217. The Bertz CT molecular complexity index is 1050. The first-order valence-corrected chi connectivity index (χ1v) is 12.0. The molecule has 4 atom stereocenters. The average molecular weight is 511 g/mol. The first-order valence-electron chi connectivity index (χ1n) is 12.0. The molecule has 5 N–H and O–H groups in total. The number of likely N-dealkylation sites (N-methyl/N-ethyl adjacent to an activating group) is 1. The highest BCUT2D eigenvalue weighted by Crippen LogP contribution is 2.14. The summed E-state index contributed by atoms with van der Waals surface area (Å²) in [5.41, 5.74) is 3.15. The van der Waals surface area contributed by atoms with Gasteiger partial charge in [-0.1, -0.05) is 36.4 Å². The van der Waals surface area contributed by atoms with Crippen molar-refractivity contribution < 1.29 is 30.3 Å². The van der Waals surface area contributed by atoms with E-state index in [1.807, 2.05) is 36.4 Å². The van der Waals surface area contributed by atoms with Gasteiger partial charge in [-0.25, -0.2) is 0 Å². The smallest absolute Gasteiger partial charge is 0.255 e. The summed E-state index contributed by atoms with van der Waals surface area (Å²) in [6.45, 7) is 0.775. The maximum Gasteiger partial charge on any atom is 0.255 e. The second kappa shape index (κ2) is 13.9. The maximum absolute atomic E-state index is 12.8. The largest absolute Gasteiger partial charge is 0.394 e. The van der Waals surface area contributed by atoms with Crippen LogP contribution in [0.4, 0.5) is 0 Å². The molecular weight excluding hydrogens is 476 g/mol. The molecule has 0 aliphatic rings. The number of rotatable bonds is 13. The second-order valence-electron chi connectivity index (χ2n) is 8.97. The summed E-state index contributed by atoms with van der Waals surface area (Å²) in [7, 11) is 1.44. The molecule has 0 aliphatic heterocycles. The predicted molar refractivity (Wildman–Crippen MR) is 136 cm³/mol. The van der Waals surface area contributed by atoms with Crippen molar-refractivity contribution in [3.8, 4) is 0 Å². The normalized spacial score (nSPS) is 14.7. The van der Waals surface area contributed by atoms with Crippen LogP contribution >= 0.6 is 0 Å². The first kappa shape index (κ1) is 28.3. The summed E-state index contributed by atoms with van der Waals surface area (Å²) in [5, 5.41) is 48.3. The van der Waals surface area contributed by atoms with Gasteiger partial charge in [-0.3, -0.25) is 19.7 Å². The Hall–Kier alpha value is -3.25. The first-order chi connectivity index (χ1) is 17.8. The number of carbonyl (C=O) groups excluding carboxylic acids is 1. The molecule has 0 aliphatic carbocycles. The molecular formula is C27H34N4O6. The number of pyridine rings is 2. The van der Waals surface area contributed by atoms with E-state index in [0.717, 1.165) is 17.0 Å². The van der Waals surface area contributed by atoms with Gasteiger partial charge in [0.05, 0.1) is 23.6 Å². The fraction of sp³-hybridized carbons (Fsp3) is 0.370. The summed E-state index contributed by atoms with van der Waals surface area (Å²) in [6, 6.07) is 19.3. The third kappa shape index (κ3) is 8.39. The van der Waals surface area contributed by atoms with Crippen LogP contribution in [0.25, 0.3) is 0 Å². The fourth-order valence-corrected chi connectivity index (χ4v) is 3.86. The Labute approximate surface area is 216 Å². The molecule has 0 bridgehead atoms. The maximum atomic E-state index is 12.8. The van der Waals surface area contributed by atoms with Gasteiger partial charge >= 0.3 is 0 Å². The Morgan fingerprint density at radius 3 is 2.05 bits per heavy atom. The number of benzene rings is 1. The molecule has 198 valence electrons. The summed E-state index contributed by atoms with van der Waals surface area (Å²) in [4.78, 5) is 25.1. The molecule has 37 heavy (non-hydrogen) atoms. The van der Waals surface area contributed by atoms with E-state index in [1.54, 1.807) is 18.3 Å². The molecule has 1 amide bonds. The van der Waals surface area contributed by atoms with Crippen LogP contribution in [-0.4, -0.2) is 95.8 Å². The minimum absolute atomic E-state index is 0.295. The number of aromatic nitrogens is 2. The molecule has 2 heterocycles. The fourth-order valence-electron chi connectivity index (χ4n) is 3.86. The Morgan fingerprint density at radius 1 is 0.811 bits per heavy atom. The summed E-state index contributed by atoms with van der Waals surface area (Å²) >= 11 is 0. The van der Waals surface area contributed by atoms with Crippen molar-refractivity contribution >= 4 is 5.91 Å². The van der Waals surface area contributed by atoms with Crippen molar-refractivity contribution in [3.05, 3.63) is 95.6 Å². The lowest BCUT2D eigenvalue weighted by atomic mass is 10.0. The topological polar surface area (TPSA) is 150 Å². The molecule has 4 unspecified atom stereocenters. The van der Waals surface area contributed by atoms with Crippen LogP contribution in [0, 0.1) is 0 Å². The van der Waals surface area contributed by atoms with E-state index in [2.05, 4.69) is 27.0 Å². The van der Waals surface area contributed by atoms with Crippen molar-refractivity contribution in [2.45, 2.75) is 44.1 Å². The Balaban J connectivity index is 1.63. The lowest BCUT2D eigenvalue weighted by Crippen LogP contribution is -2.50. The van der Waals surface area contributed by atoms with E-state index in [4.69, 9.17) is 5.11 Å². The van der Waals surface area contributed by atoms with Crippen LogP contribution in [-0.2, 0) is 19.6 Å². The Morgan fingerprint density at radius 2 is 1.46 bits per heavy atom. The molecule has 10 heteroatoms. The molecule has 2 aromatic heterocycles. The van der Waals surface area contributed by atoms with E-state index >= 15 is 0 Å². The number of amides is 1. The highest BCUT2D eigenvalue weighted by Gasteiger charge is 2.31. The lowest BCUT2D eigenvalue weighted by Gasteiger charge is -2.28. The zero-order valence-corrected chi connectivity index (χ0v) is 20.7. The van der Waals surface area contributed by atoms with Gasteiger partial charge in [-0.15, -0.1) is 0 Å². The van der Waals surface area contributed by atoms with Gasteiger partial charge in [0.1, 0.15) is 24.4 Å². The number of aliphatic hydroxyl groups excluding tert-OH is 5. The molecule has 1 aromatic carbocycles. The molecule has 10 nitrogen and oxygen atoms in total. The highest BCUT2D eigenvalue weighted by atomic mass is 16.4. The van der Waals surface area contributed by atoms with Crippen molar-refractivity contribution in [3.63, 3.8) is 0 Å². The third-order valence-electron chi connectivity index (χ3n) is 5.95. The molecule has 0 radical (unpaired) electrons. The van der Waals surface area contributed by atoms with Gasteiger partial charge in [0.25, 0.3) is 5.91 Å². The summed E-state index contributed by atoms with van der Waals surface area (Å²) in [6.07, 6.45) is -3.42. The molecule has 0 spiro atoms. The highest BCUT2D eigenvalue weighted by molar-refractivity contribution is 5.93. The van der Waals surface area contributed by atoms with E-state index in [9.17, 15) is 25.2 Å². The van der Waals surface area contributed by atoms with E-state index in [0.29, 0.717) is 25.2 Å². The van der Waals surface area contributed by atoms with Gasteiger partial charge in [0, 0.05) is 45.6 Å². The minimum atomic E-state index is -1.76. The van der Waals surface area contributed by atoms with Crippen molar-refractivity contribution in [2.24, 2.45) is 0 Å². The minimum Gasteiger partial charge on any atom is -0.394 e. The van der Waals surface area contributed by atoms with Crippen LogP contribution in [0.3, 0.4) is 0 Å². The molecule has 3 aromatic rings. The van der Waals surface area contributed by atoms with Gasteiger partial charge in [0.15, 0.2) is 0 Å². The zero-order valence-electron chi connectivity index (χ0n) is 20.7. The van der Waals surface area contributed by atoms with Crippen molar-refractivity contribution in [2.75, 3.05) is 20.2 Å². The van der Waals surface area contributed by atoms with Crippen LogP contribution in [0.5, 0.6) is 0 Å². The standard InChI is InChI=1S/C27H34N4O6/c1-30(17-23(33)25(35)26(36)24(34)18-32)27(37)20-10-11-22(29-13-20)16-31(14-19-7-3-2-4-8-19)15-21-9-5-6-12-28-21/h2-13,23-26,32-36H,14-18H2,1H3. The van der Waals surface area contributed by atoms with Crippen LogP contribution in [0.2, 0.25) is 0 Å². The van der Waals surface area contributed by atoms with Crippen molar-refractivity contribution in [1.29, 1.82) is 0 Å². The number of nitrogens with zero attached hydrogens (tertiary/aromatic N) is 4. The van der Waals surface area contributed by atoms with Gasteiger partial charge in [-0.2, -0.15) is 0 Å². The molecule has 0 saturated heterocycles. The van der Waals surface area contributed by atoms with Crippen LogP contribution < -0.4 is 0 Å². The Kier molecular flexibility index (Phi) is 10.6. The zero-order chi connectivity index (χ0) is 26.8. The van der Waals surface area contributed by atoms with Crippen LogP contribution in [0.1, 0.15) is 27.3 Å². The average Bonchev–Trinajstić information content (AvgIpc) is 2.92. The molecule has 3 rings (SSSR count). The van der Waals surface area contributed by atoms with E-state index in [-0.39, 0.29) is 6.54 Å². The number of hydrogen-bond acceptors (Lipinski definition) is 9.